The molecule has 2 aromatic carbocycles. The van der Waals surface area contributed by atoms with Crippen LogP contribution in [-0.2, 0) is 0 Å². The Labute approximate surface area is 114 Å². The van der Waals surface area contributed by atoms with Crippen LogP contribution < -0.4 is 34.6 Å². The van der Waals surface area contributed by atoms with Gasteiger partial charge in [-0.3, -0.25) is 0 Å². The molecule has 0 aliphatic carbocycles. The molecule has 0 heterocycles. The second kappa shape index (κ2) is 6.62. The quantitative estimate of drug-likeness (QED) is 0.479. The molecule has 80 valence electrons. The zero-order valence-electron chi connectivity index (χ0n) is 9.54. The minimum atomic E-state index is -1.40. The molecular formula is C13H10LiO2P. The molecule has 2 nitrogen and oxygen atoms in total. The number of carboxylic acid groups (broad SMARTS) is 1. The zero-order valence-corrected chi connectivity index (χ0v) is 10.4. The third-order valence-corrected chi connectivity index (χ3v) is 4.21. The molecule has 0 amide bonds. The Morgan fingerprint density at radius 1 is 0.824 bits per heavy atom. The van der Waals surface area contributed by atoms with Crippen molar-refractivity contribution in [2.24, 2.45) is 0 Å². The Hall–Kier alpha value is -1.06. The summed E-state index contributed by atoms with van der Waals surface area (Å²) in [5.41, 5.74) is -1.01. The molecule has 4 heteroatoms. The molecule has 0 bridgehead atoms. The van der Waals surface area contributed by atoms with E-state index < -0.39 is 13.6 Å². The van der Waals surface area contributed by atoms with Crippen molar-refractivity contribution in [1.82, 2.24) is 0 Å². The van der Waals surface area contributed by atoms with Crippen molar-refractivity contribution in [2.45, 2.75) is 0 Å². The summed E-state index contributed by atoms with van der Waals surface area (Å²) < 4.78 is 0. The molecule has 0 saturated carbocycles. The summed E-state index contributed by atoms with van der Waals surface area (Å²) >= 11 is 0. The number of rotatable bonds is 3. The number of carbonyl (C=O) groups excluding carboxylic acids is 1. The normalized spacial score (nSPS) is 9.71. The van der Waals surface area contributed by atoms with Crippen molar-refractivity contribution < 1.29 is 28.8 Å². The molecule has 0 radical (unpaired) electrons. The smallest absolute Gasteiger partial charge is 0.544 e. The van der Waals surface area contributed by atoms with Gasteiger partial charge in [0.15, 0.2) is 0 Å². The van der Waals surface area contributed by atoms with Crippen LogP contribution in [0.1, 0.15) is 0 Å². The van der Waals surface area contributed by atoms with E-state index in [2.05, 4.69) is 0 Å². The number of hydrogen-bond acceptors (Lipinski definition) is 2. The van der Waals surface area contributed by atoms with E-state index in [-0.39, 0.29) is 18.9 Å². The minimum Gasteiger partial charge on any atom is -0.544 e. The molecule has 17 heavy (non-hydrogen) atoms. The predicted octanol–water partition coefficient (Wildman–Crippen LogP) is -1.53. The fourth-order valence-electron chi connectivity index (χ4n) is 1.51. The second-order valence-corrected chi connectivity index (χ2v) is 5.34. The van der Waals surface area contributed by atoms with Crippen molar-refractivity contribution in [3.8, 4) is 0 Å². The first-order chi connectivity index (χ1) is 7.79. The summed E-state index contributed by atoms with van der Waals surface area (Å²) in [6, 6.07) is 18.4. The molecule has 0 N–H and O–H groups in total. The largest absolute Gasteiger partial charge is 1.00 e. The molecule has 0 fully saturated rings. The van der Waals surface area contributed by atoms with Crippen LogP contribution in [-0.4, -0.2) is 5.71 Å². The second-order valence-electron chi connectivity index (χ2n) is 3.27. The van der Waals surface area contributed by atoms with Crippen LogP contribution in [0.5, 0.6) is 0 Å². The van der Waals surface area contributed by atoms with E-state index in [4.69, 9.17) is 0 Å². The van der Waals surface area contributed by atoms with Gasteiger partial charge in [0.25, 0.3) is 0 Å². The summed E-state index contributed by atoms with van der Waals surface area (Å²) in [4.78, 5) is 11.2. The maximum absolute atomic E-state index is 11.2. The van der Waals surface area contributed by atoms with Gasteiger partial charge in [0.2, 0.25) is 0 Å². The van der Waals surface area contributed by atoms with E-state index >= 15 is 0 Å². The monoisotopic (exact) mass is 236 g/mol. The maximum atomic E-state index is 11.2. The summed E-state index contributed by atoms with van der Waals surface area (Å²) in [6.45, 7) is 0. The van der Waals surface area contributed by atoms with Crippen LogP contribution >= 0.6 is 7.92 Å². The minimum absolute atomic E-state index is 0. The van der Waals surface area contributed by atoms with Crippen molar-refractivity contribution in [2.75, 3.05) is 0 Å². The number of carbonyl (C=O) groups is 1. The molecule has 0 aliphatic heterocycles. The van der Waals surface area contributed by atoms with Gasteiger partial charge in [-0.2, -0.15) is 0 Å². The van der Waals surface area contributed by atoms with E-state index in [0.29, 0.717) is 0 Å². The SMILES string of the molecule is O=C([O-])P(c1ccccc1)c1ccccc1.[Li+]. The molecular weight excluding hydrogens is 226 g/mol. The zero-order chi connectivity index (χ0) is 11.4. The molecule has 0 unspecified atom stereocenters. The van der Waals surface area contributed by atoms with Crippen LogP contribution in [0.3, 0.4) is 0 Å². The average Bonchev–Trinajstić information content (AvgIpc) is 2.31. The fourth-order valence-corrected chi connectivity index (χ4v) is 3.17. The van der Waals surface area contributed by atoms with E-state index in [1.54, 1.807) is 0 Å². The Morgan fingerprint density at radius 3 is 1.47 bits per heavy atom. The van der Waals surface area contributed by atoms with Gasteiger partial charge in [0.1, 0.15) is 0 Å². The Balaban J connectivity index is 0.00000144. The third-order valence-electron chi connectivity index (χ3n) is 2.21. The fraction of sp³-hybridized carbons (Fsp3) is 0. The molecule has 2 rings (SSSR count). The average molecular weight is 236 g/mol. The molecule has 0 spiro atoms. The van der Waals surface area contributed by atoms with Gasteiger partial charge in [-0.1, -0.05) is 60.7 Å². The molecule has 2 aromatic rings. The van der Waals surface area contributed by atoms with Gasteiger partial charge in [-0.25, -0.2) is 0 Å². The van der Waals surface area contributed by atoms with E-state index in [0.717, 1.165) is 10.6 Å². The first kappa shape index (κ1) is 14.0. The van der Waals surface area contributed by atoms with Crippen LogP contribution in [0.15, 0.2) is 60.7 Å². The van der Waals surface area contributed by atoms with Gasteiger partial charge in [-0.05, 0) is 10.6 Å². The van der Waals surface area contributed by atoms with Crippen molar-refractivity contribution >= 4 is 24.2 Å². The first-order valence-corrected chi connectivity index (χ1v) is 6.24. The summed E-state index contributed by atoms with van der Waals surface area (Å²) in [6.07, 6.45) is 0. The number of benzene rings is 2. The number of hydrogen-bond donors (Lipinski definition) is 0. The predicted molar refractivity (Wildman–Crippen MR) is 64.5 cm³/mol. The molecule has 0 aliphatic rings. The molecule has 0 aromatic heterocycles. The van der Waals surface area contributed by atoms with Crippen molar-refractivity contribution in [3.05, 3.63) is 60.7 Å². The van der Waals surface area contributed by atoms with Crippen LogP contribution in [0, 0.1) is 0 Å². The van der Waals surface area contributed by atoms with Crippen LogP contribution in [0.4, 0.5) is 4.79 Å². The van der Waals surface area contributed by atoms with Gasteiger partial charge in [0, 0.05) is 7.92 Å². The summed E-state index contributed by atoms with van der Waals surface area (Å²) in [5, 5.41) is 12.8. The van der Waals surface area contributed by atoms with Crippen LogP contribution in [0.2, 0.25) is 0 Å². The van der Waals surface area contributed by atoms with Gasteiger partial charge in [0.05, 0.1) is 5.71 Å². The van der Waals surface area contributed by atoms with Crippen molar-refractivity contribution in [3.63, 3.8) is 0 Å². The molecule has 0 atom stereocenters. The van der Waals surface area contributed by atoms with E-state index in [1.807, 2.05) is 60.7 Å². The van der Waals surface area contributed by atoms with Gasteiger partial charge >= 0.3 is 18.9 Å². The van der Waals surface area contributed by atoms with E-state index in [9.17, 15) is 9.90 Å². The van der Waals surface area contributed by atoms with Gasteiger partial charge < -0.3 is 9.90 Å². The van der Waals surface area contributed by atoms with Gasteiger partial charge in [-0.15, -0.1) is 0 Å². The van der Waals surface area contributed by atoms with Crippen LogP contribution in [0.25, 0.3) is 0 Å². The Kier molecular flexibility index (Phi) is 5.45. The summed E-state index contributed by atoms with van der Waals surface area (Å²) in [7, 11) is -1.40. The molecule has 0 saturated heterocycles. The summed E-state index contributed by atoms with van der Waals surface area (Å²) in [5.74, 6) is 0. The topological polar surface area (TPSA) is 40.1 Å². The maximum Gasteiger partial charge on any atom is 1.00 e. The van der Waals surface area contributed by atoms with Crippen molar-refractivity contribution in [1.29, 1.82) is 0 Å². The van der Waals surface area contributed by atoms with E-state index in [1.165, 1.54) is 0 Å². The third kappa shape index (κ3) is 3.45. The first-order valence-electron chi connectivity index (χ1n) is 4.90. The Bertz CT molecular complexity index is 434. The standard InChI is InChI=1S/C13H11O2P.Li/c14-13(15)16(11-7-3-1-4-8-11)12-9-5-2-6-10-12;/h1-10H,(H,14,15);/q;+1/p-1. The Morgan fingerprint density at radius 2 is 1.18 bits per heavy atom.